The van der Waals surface area contributed by atoms with E-state index < -0.39 is 0 Å². The lowest BCUT2D eigenvalue weighted by molar-refractivity contribution is 0.485. The summed E-state index contributed by atoms with van der Waals surface area (Å²) in [6.07, 6.45) is 1.06. The summed E-state index contributed by atoms with van der Waals surface area (Å²) >= 11 is 0. The molecule has 0 saturated carbocycles. The van der Waals surface area contributed by atoms with E-state index in [0.717, 1.165) is 6.42 Å². The number of rotatable bonds is 6. The van der Waals surface area contributed by atoms with Gasteiger partial charge >= 0.3 is 0 Å². The molecule has 0 saturated heterocycles. The van der Waals surface area contributed by atoms with Gasteiger partial charge in [-0.25, -0.2) is 0 Å². The van der Waals surface area contributed by atoms with Gasteiger partial charge in [0.2, 0.25) is 0 Å². The second kappa shape index (κ2) is 10.8. The molecule has 0 aliphatic carbocycles. The van der Waals surface area contributed by atoms with Crippen molar-refractivity contribution in [2.24, 2.45) is 5.92 Å². The van der Waals surface area contributed by atoms with Gasteiger partial charge in [-0.15, -0.1) is 0 Å². The maximum absolute atomic E-state index is 2.45. The molecule has 1 heterocycles. The maximum Gasteiger partial charge on any atom is 0.0547 e. The first-order chi connectivity index (χ1) is 21.6. The molecule has 0 aliphatic heterocycles. The molecule has 8 rings (SSSR count). The molecule has 0 N–H and O–H groups in total. The predicted molar refractivity (Wildman–Crippen MR) is 189 cm³/mol. The van der Waals surface area contributed by atoms with Crippen LogP contribution in [-0.2, 0) is 6.42 Å². The highest BCUT2D eigenvalue weighted by Crippen LogP contribution is 2.40. The van der Waals surface area contributed by atoms with Crippen molar-refractivity contribution in [2.45, 2.75) is 26.2 Å². The smallest absolute Gasteiger partial charge is 0.0547 e. The number of fused-ring (bicyclic) bond motifs is 5. The van der Waals surface area contributed by atoms with E-state index >= 15 is 0 Å². The lowest BCUT2D eigenvalue weighted by atomic mass is 9.84. The highest BCUT2D eigenvalue weighted by atomic mass is 15.0. The van der Waals surface area contributed by atoms with Crippen molar-refractivity contribution in [3.8, 4) is 16.8 Å². The van der Waals surface area contributed by atoms with Crippen molar-refractivity contribution < 1.29 is 0 Å². The minimum absolute atomic E-state index is 0.515. The summed E-state index contributed by atoms with van der Waals surface area (Å²) in [7, 11) is 0. The normalized spacial score (nSPS) is 13.1. The van der Waals surface area contributed by atoms with E-state index in [2.05, 4.69) is 170 Å². The summed E-state index contributed by atoms with van der Waals surface area (Å²) in [5.74, 6) is 1.07. The summed E-state index contributed by atoms with van der Waals surface area (Å²) in [6, 6.07) is 55.9. The van der Waals surface area contributed by atoms with E-state index in [0.29, 0.717) is 11.8 Å². The first-order valence-electron chi connectivity index (χ1n) is 15.7. The summed E-state index contributed by atoms with van der Waals surface area (Å²) < 4.78 is 2.45. The molecular weight excluding hydrogens is 530 g/mol. The number of nitrogens with zero attached hydrogens (tertiary/aromatic N) is 1. The number of hydrogen-bond donors (Lipinski definition) is 0. The van der Waals surface area contributed by atoms with Crippen molar-refractivity contribution in [3.63, 3.8) is 0 Å². The fourth-order valence-electron chi connectivity index (χ4n) is 7.04. The molecule has 44 heavy (non-hydrogen) atoms. The summed E-state index contributed by atoms with van der Waals surface area (Å²) in [4.78, 5) is 0. The fourth-order valence-corrected chi connectivity index (χ4v) is 7.04. The molecule has 2 atom stereocenters. The zero-order valence-corrected chi connectivity index (χ0v) is 25.2. The average molecular weight is 566 g/mol. The van der Waals surface area contributed by atoms with E-state index in [1.54, 1.807) is 0 Å². The van der Waals surface area contributed by atoms with Crippen LogP contribution in [0.1, 0.15) is 30.9 Å². The molecule has 0 aliphatic rings. The number of benzene rings is 7. The van der Waals surface area contributed by atoms with Crippen molar-refractivity contribution in [1.82, 2.24) is 4.57 Å². The molecule has 212 valence electrons. The molecule has 1 aromatic heterocycles. The predicted octanol–water partition coefficient (Wildman–Crippen LogP) is 11.7. The summed E-state index contributed by atoms with van der Waals surface area (Å²) in [5.41, 5.74) is 9.00. The van der Waals surface area contributed by atoms with E-state index in [1.807, 2.05) is 0 Å². The molecule has 0 amide bonds. The quantitative estimate of drug-likeness (QED) is 0.189. The Balaban J connectivity index is 1.26. The van der Waals surface area contributed by atoms with Crippen LogP contribution >= 0.6 is 0 Å². The van der Waals surface area contributed by atoms with Crippen LogP contribution in [0.2, 0.25) is 0 Å². The number of hydrogen-bond acceptors (Lipinski definition) is 0. The largest absolute Gasteiger partial charge is 0.309 e. The molecular formula is C43H35N. The molecule has 0 fully saturated rings. The molecule has 0 bridgehead atoms. The molecule has 0 radical (unpaired) electrons. The van der Waals surface area contributed by atoms with Gasteiger partial charge in [-0.1, -0.05) is 135 Å². The van der Waals surface area contributed by atoms with Crippen LogP contribution in [0.15, 0.2) is 152 Å². The third kappa shape index (κ3) is 4.57. The third-order valence-electron chi connectivity index (χ3n) is 9.65. The average Bonchev–Trinajstić information content (AvgIpc) is 3.40. The first kappa shape index (κ1) is 26.5. The molecule has 8 aromatic rings. The summed E-state index contributed by atoms with van der Waals surface area (Å²) in [5, 5.41) is 7.63. The molecule has 7 aromatic carbocycles. The Morgan fingerprint density at radius 1 is 0.523 bits per heavy atom. The van der Waals surface area contributed by atoms with Gasteiger partial charge in [-0.2, -0.15) is 0 Å². The van der Waals surface area contributed by atoms with Gasteiger partial charge in [0.15, 0.2) is 0 Å². The Morgan fingerprint density at radius 2 is 1.18 bits per heavy atom. The van der Waals surface area contributed by atoms with Gasteiger partial charge in [0, 0.05) is 16.5 Å². The Bertz CT molecular complexity index is 2270. The lowest BCUT2D eigenvalue weighted by Gasteiger charge is -2.20. The van der Waals surface area contributed by atoms with Crippen molar-refractivity contribution in [1.29, 1.82) is 0 Å². The van der Waals surface area contributed by atoms with Gasteiger partial charge in [0.05, 0.1) is 11.0 Å². The molecule has 1 nitrogen and oxygen atoms in total. The van der Waals surface area contributed by atoms with E-state index in [4.69, 9.17) is 0 Å². The van der Waals surface area contributed by atoms with E-state index in [-0.39, 0.29) is 0 Å². The first-order valence-corrected chi connectivity index (χ1v) is 15.7. The van der Waals surface area contributed by atoms with Gasteiger partial charge in [-0.3, -0.25) is 0 Å². The fraction of sp³-hybridized carbons (Fsp3) is 0.116. The van der Waals surface area contributed by atoms with Gasteiger partial charge in [0.1, 0.15) is 0 Å². The van der Waals surface area contributed by atoms with E-state index in [9.17, 15) is 0 Å². The second-order valence-electron chi connectivity index (χ2n) is 12.4. The Kier molecular flexibility index (Phi) is 6.53. The van der Waals surface area contributed by atoms with Crippen molar-refractivity contribution in [3.05, 3.63) is 163 Å². The van der Waals surface area contributed by atoms with Crippen LogP contribution < -0.4 is 0 Å². The highest BCUT2D eigenvalue weighted by molar-refractivity contribution is 6.18. The van der Waals surface area contributed by atoms with Crippen LogP contribution in [-0.4, -0.2) is 4.57 Å². The van der Waals surface area contributed by atoms with Crippen molar-refractivity contribution >= 4 is 43.4 Å². The molecule has 0 spiro atoms. The van der Waals surface area contributed by atoms with Gasteiger partial charge in [0.25, 0.3) is 0 Å². The summed E-state index contributed by atoms with van der Waals surface area (Å²) in [6.45, 7) is 4.72. The van der Waals surface area contributed by atoms with Crippen LogP contribution in [0.4, 0.5) is 0 Å². The zero-order chi connectivity index (χ0) is 29.6. The standard InChI is InChI=1S/C43H35N/c1-29(30(2)32-11-4-3-5-12-32)25-31-19-21-34(22-20-31)39-17-10-18-41-43(39)40-27-36-15-8-9-16-37(36)28-42(40)44(41)38-24-23-33-13-6-7-14-35(33)26-38/h3-24,26-30H,25H2,1-2H3. The maximum atomic E-state index is 2.45. The van der Waals surface area contributed by atoms with Crippen LogP contribution in [0.25, 0.3) is 60.2 Å². The highest BCUT2D eigenvalue weighted by Gasteiger charge is 2.18. The third-order valence-corrected chi connectivity index (χ3v) is 9.65. The van der Waals surface area contributed by atoms with Crippen molar-refractivity contribution in [2.75, 3.05) is 0 Å². The Morgan fingerprint density at radius 3 is 1.93 bits per heavy atom. The topological polar surface area (TPSA) is 4.93 Å². The Hall–Kier alpha value is -5.14. The van der Waals surface area contributed by atoms with Gasteiger partial charge in [-0.05, 0) is 92.4 Å². The van der Waals surface area contributed by atoms with Gasteiger partial charge < -0.3 is 4.57 Å². The van der Waals surface area contributed by atoms with Crippen LogP contribution in [0.5, 0.6) is 0 Å². The minimum atomic E-state index is 0.515. The SMILES string of the molecule is CC(Cc1ccc(-c2cccc3c2c2cc4ccccc4cc2n3-c2ccc3ccccc3c2)cc1)C(C)c1ccccc1. The Labute approximate surface area is 259 Å². The van der Waals surface area contributed by atoms with Crippen LogP contribution in [0, 0.1) is 5.92 Å². The molecule has 1 heteroatoms. The van der Waals surface area contributed by atoms with Crippen LogP contribution in [0.3, 0.4) is 0 Å². The van der Waals surface area contributed by atoms with E-state index in [1.165, 1.54) is 71.3 Å². The lowest BCUT2D eigenvalue weighted by Crippen LogP contribution is -2.09. The number of aromatic nitrogens is 1. The minimum Gasteiger partial charge on any atom is -0.309 e. The zero-order valence-electron chi connectivity index (χ0n) is 25.2. The molecule has 2 unspecified atom stereocenters. The second-order valence-corrected chi connectivity index (χ2v) is 12.4. The monoisotopic (exact) mass is 565 g/mol.